The lowest BCUT2D eigenvalue weighted by Crippen LogP contribution is -2.25. The first-order chi connectivity index (χ1) is 12.8. The Hall–Kier alpha value is -2.58. The van der Waals surface area contributed by atoms with Crippen LogP contribution in [-0.4, -0.2) is 18.1 Å². The molecule has 0 fully saturated rings. The quantitative estimate of drug-likeness (QED) is 0.520. The third-order valence-corrected chi connectivity index (χ3v) is 4.47. The lowest BCUT2D eigenvalue weighted by molar-refractivity contribution is 0.252. The average Bonchev–Trinajstić information content (AvgIpc) is 2.69. The van der Waals surface area contributed by atoms with Crippen LogP contribution >= 0.6 is 0 Å². The van der Waals surface area contributed by atoms with Gasteiger partial charge in [0.05, 0.1) is 6.61 Å². The Balaban J connectivity index is 1.74. The molecule has 3 aromatic rings. The van der Waals surface area contributed by atoms with Crippen molar-refractivity contribution in [3.63, 3.8) is 0 Å². The van der Waals surface area contributed by atoms with Gasteiger partial charge in [-0.15, -0.1) is 0 Å². The van der Waals surface area contributed by atoms with E-state index in [9.17, 15) is 0 Å². The van der Waals surface area contributed by atoms with Gasteiger partial charge in [-0.3, -0.25) is 4.90 Å². The minimum atomic E-state index is 0.694. The monoisotopic (exact) mass is 345 g/mol. The number of ether oxygens (including phenoxy) is 1. The van der Waals surface area contributed by atoms with Crippen molar-refractivity contribution < 1.29 is 4.74 Å². The highest BCUT2D eigenvalue weighted by molar-refractivity contribution is 5.33. The predicted octanol–water partition coefficient (Wildman–Crippen LogP) is 5.33. The maximum atomic E-state index is 5.82. The van der Waals surface area contributed by atoms with Crippen molar-refractivity contribution in [2.75, 3.05) is 13.2 Å². The van der Waals surface area contributed by atoms with Crippen molar-refractivity contribution in [2.24, 2.45) is 0 Å². The standard InChI is InChI=1S/C24H27NO/c1-2-26-24-16-10-9-15-23(24)20-25(19-22-13-7-4-8-14-22)18-17-21-11-5-3-6-12-21/h3-16H,2,17-20H2,1H3. The van der Waals surface area contributed by atoms with Gasteiger partial charge in [0.2, 0.25) is 0 Å². The molecule has 0 saturated carbocycles. The van der Waals surface area contributed by atoms with Crippen LogP contribution in [-0.2, 0) is 19.5 Å². The van der Waals surface area contributed by atoms with Crippen LogP contribution in [0.3, 0.4) is 0 Å². The van der Waals surface area contributed by atoms with Gasteiger partial charge in [-0.1, -0.05) is 78.9 Å². The summed E-state index contributed by atoms with van der Waals surface area (Å²) in [5, 5.41) is 0. The smallest absolute Gasteiger partial charge is 0.123 e. The molecule has 134 valence electrons. The number of para-hydroxylation sites is 1. The Labute approximate surface area is 157 Å². The summed E-state index contributed by atoms with van der Waals surface area (Å²) < 4.78 is 5.82. The summed E-state index contributed by atoms with van der Waals surface area (Å²) in [5.74, 6) is 0.993. The average molecular weight is 345 g/mol. The molecule has 3 rings (SSSR count). The number of nitrogens with zero attached hydrogens (tertiary/aromatic N) is 1. The fourth-order valence-electron chi connectivity index (χ4n) is 3.16. The van der Waals surface area contributed by atoms with Gasteiger partial charge in [0, 0.05) is 25.2 Å². The number of rotatable bonds is 9. The first-order valence-electron chi connectivity index (χ1n) is 9.36. The van der Waals surface area contributed by atoms with Gasteiger partial charge in [0.15, 0.2) is 0 Å². The maximum absolute atomic E-state index is 5.82. The van der Waals surface area contributed by atoms with Crippen molar-refractivity contribution in [2.45, 2.75) is 26.4 Å². The van der Waals surface area contributed by atoms with Crippen LogP contribution in [0.4, 0.5) is 0 Å². The second kappa shape index (κ2) is 9.79. The summed E-state index contributed by atoms with van der Waals surface area (Å²) >= 11 is 0. The summed E-state index contributed by atoms with van der Waals surface area (Å²) in [7, 11) is 0. The van der Waals surface area contributed by atoms with Gasteiger partial charge < -0.3 is 4.74 Å². The van der Waals surface area contributed by atoms with E-state index in [0.717, 1.165) is 31.8 Å². The number of hydrogen-bond donors (Lipinski definition) is 0. The fraction of sp³-hybridized carbons (Fsp3) is 0.250. The Morgan fingerprint density at radius 1 is 0.692 bits per heavy atom. The molecule has 2 heteroatoms. The predicted molar refractivity (Wildman–Crippen MR) is 108 cm³/mol. The second-order valence-electron chi connectivity index (χ2n) is 6.47. The molecular weight excluding hydrogens is 318 g/mol. The van der Waals surface area contributed by atoms with E-state index in [1.165, 1.54) is 16.7 Å². The largest absolute Gasteiger partial charge is 0.494 e. The van der Waals surface area contributed by atoms with Crippen molar-refractivity contribution in [1.82, 2.24) is 4.90 Å². The summed E-state index contributed by atoms with van der Waals surface area (Å²) in [6.45, 7) is 5.57. The van der Waals surface area contributed by atoms with Crippen LogP contribution in [0.5, 0.6) is 5.75 Å². The Morgan fingerprint density at radius 3 is 2.00 bits per heavy atom. The third kappa shape index (κ3) is 5.47. The van der Waals surface area contributed by atoms with E-state index < -0.39 is 0 Å². The molecule has 0 aromatic heterocycles. The molecule has 0 N–H and O–H groups in total. The third-order valence-electron chi connectivity index (χ3n) is 4.47. The van der Waals surface area contributed by atoms with Crippen molar-refractivity contribution in [3.05, 3.63) is 102 Å². The topological polar surface area (TPSA) is 12.5 Å². The Kier molecular flexibility index (Phi) is 6.86. The normalized spacial score (nSPS) is 10.8. The van der Waals surface area contributed by atoms with Gasteiger partial charge in [-0.05, 0) is 30.5 Å². The number of hydrogen-bond acceptors (Lipinski definition) is 2. The summed E-state index contributed by atoms with van der Waals surface area (Å²) in [5.41, 5.74) is 3.97. The summed E-state index contributed by atoms with van der Waals surface area (Å²) in [6.07, 6.45) is 1.05. The number of benzene rings is 3. The van der Waals surface area contributed by atoms with E-state index in [-0.39, 0.29) is 0 Å². The molecule has 0 saturated heterocycles. The van der Waals surface area contributed by atoms with Gasteiger partial charge in [-0.2, -0.15) is 0 Å². The van der Waals surface area contributed by atoms with Crippen LogP contribution < -0.4 is 4.74 Å². The Bertz CT molecular complexity index is 770. The molecule has 3 aromatic carbocycles. The molecule has 0 aliphatic rings. The second-order valence-corrected chi connectivity index (χ2v) is 6.47. The molecule has 0 aliphatic carbocycles. The van der Waals surface area contributed by atoms with Crippen LogP contribution in [0.15, 0.2) is 84.9 Å². The van der Waals surface area contributed by atoms with Crippen molar-refractivity contribution >= 4 is 0 Å². The van der Waals surface area contributed by atoms with Crippen LogP contribution in [0.25, 0.3) is 0 Å². The highest BCUT2D eigenvalue weighted by Gasteiger charge is 2.11. The zero-order chi connectivity index (χ0) is 18.0. The lowest BCUT2D eigenvalue weighted by Gasteiger charge is -2.24. The minimum Gasteiger partial charge on any atom is -0.494 e. The van der Waals surface area contributed by atoms with E-state index in [1.54, 1.807) is 0 Å². The van der Waals surface area contributed by atoms with E-state index >= 15 is 0 Å². The Morgan fingerprint density at radius 2 is 1.31 bits per heavy atom. The first-order valence-corrected chi connectivity index (χ1v) is 9.36. The van der Waals surface area contributed by atoms with Gasteiger partial charge >= 0.3 is 0 Å². The lowest BCUT2D eigenvalue weighted by atomic mass is 10.1. The van der Waals surface area contributed by atoms with Gasteiger partial charge in [-0.25, -0.2) is 0 Å². The van der Waals surface area contributed by atoms with Crippen molar-refractivity contribution in [1.29, 1.82) is 0 Å². The molecule has 0 spiro atoms. The van der Waals surface area contributed by atoms with Crippen molar-refractivity contribution in [3.8, 4) is 5.75 Å². The van der Waals surface area contributed by atoms with E-state index in [2.05, 4.69) is 83.8 Å². The first kappa shape index (κ1) is 18.2. The zero-order valence-corrected chi connectivity index (χ0v) is 15.5. The molecule has 26 heavy (non-hydrogen) atoms. The molecular formula is C24H27NO. The van der Waals surface area contributed by atoms with Gasteiger partial charge in [0.25, 0.3) is 0 Å². The molecule has 2 nitrogen and oxygen atoms in total. The molecule has 0 amide bonds. The summed E-state index contributed by atoms with van der Waals surface area (Å²) in [4.78, 5) is 2.50. The molecule has 0 heterocycles. The van der Waals surface area contributed by atoms with Gasteiger partial charge in [0.1, 0.15) is 5.75 Å². The molecule has 0 atom stereocenters. The fourth-order valence-corrected chi connectivity index (χ4v) is 3.16. The SMILES string of the molecule is CCOc1ccccc1CN(CCc1ccccc1)Cc1ccccc1. The summed E-state index contributed by atoms with van der Waals surface area (Å²) in [6, 6.07) is 29.8. The molecule has 0 unspecified atom stereocenters. The van der Waals surface area contributed by atoms with Crippen LogP contribution in [0.2, 0.25) is 0 Å². The molecule has 0 radical (unpaired) electrons. The highest BCUT2D eigenvalue weighted by atomic mass is 16.5. The molecule has 0 bridgehead atoms. The van der Waals surface area contributed by atoms with E-state index in [4.69, 9.17) is 4.74 Å². The zero-order valence-electron chi connectivity index (χ0n) is 15.5. The van der Waals surface area contributed by atoms with E-state index in [1.807, 2.05) is 13.0 Å². The maximum Gasteiger partial charge on any atom is 0.123 e. The van der Waals surface area contributed by atoms with E-state index in [0.29, 0.717) is 6.61 Å². The molecule has 0 aliphatic heterocycles. The minimum absolute atomic E-state index is 0.694. The van der Waals surface area contributed by atoms with Crippen LogP contribution in [0.1, 0.15) is 23.6 Å². The van der Waals surface area contributed by atoms with Crippen LogP contribution in [0, 0.1) is 0 Å². The highest BCUT2D eigenvalue weighted by Crippen LogP contribution is 2.21.